The van der Waals surface area contributed by atoms with Crippen molar-refractivity contribution in [1.29, 1.82) is 0 Å². The zero-order chi connectivity index (χ0) is 18.7. The van der Waals surface area contributed by atoms with Crippen LogP contribution in [0.5, 0.6) is 0 Å². The molecular weight excluding hydrogens is 372 g/mol. The number of aromatic nitrogens is 1. The lowest BCUT2D eigenvalue weighted by atomic mass is 10.1. The second kappa shape index (κ2) is 7.30. The van der Waals surface area contributed by atoms with Crippen molar-refractivity contribution in [2.45, 2.75) is 13.0 Å². The van der Waals surface area contributed by atoms with Gasteiger partial charge in [-0.2, -0.15) is 0 Å². The van der Waals surface area contributed by atoms with Crippen LogP contribution in [0.3, 0.4) is 0 Å². The Hall–Kier alpha value is -2.65. The molecule has 0 aliphatic heterocycles. The molecule has 0 spiro atoms. The first kappa shape index (κ1) is 18.2. The van der Waals surface area contributed by atoms with Crippen LogP contribution in [0, 0.1) is 0 Å². The predicted octanol–water partition coefficient (Wildman–Crippen LogP) is 3.55. The highest BCUT2D eigenvalue weighted by molar-refractivity contribution is 7.92. The number of anilines is 2. The summed E-state index contributed by atoms with van der Waals surface area (Å²) in [6, 6.07) is 13.7. The Bertz CT molecular complexity index is 1010. The number of sulfonamides is 1. The fourth-order valence-electron chi connectivity index (χ4n) is 2.50. The molecule has 1 atom stereocenters. The molecule has 3 rings (SSSR count). The summed E-state index contributed by atoms with van der Waals surface area (Å²) in [4.78, 5) is 16.6. The molecule has 1 unspecified atom stereocenters. The van der Waals surface area contributed by atoms with Crippen molar-refractivity contribution < 1.29 is 13.2 Å². The van der Waals surface area contributed by atoms with E-state index in [-0.39, 0.29) is 0 Å². The van der Waals surface area contributed by atoms with Gasteiger partial charge in [0.25, 0.3) is 0 Å². The maximum atomic E-state index is 12.3. The number of amides is 2. The molecule has 136 valence electrons. The zero-order valence-corrected chi connectivity index (χ0v) is 15.8. The fraction of sp³-hybridized carbons (Fsp3) is 0.176. The van der Waals surface area contributed by atoms with Gasteiger partial charge in [0.15, 0.2) is 5.13 Å². The number of hydrogen-bond donors (Lipinski definition) is 3. The summed E-state index contributed by atoms with van der Waals surface area (Å²) in [7, 11) is -3.41. The first-order valence-corrected chi connectivity index (χ1v) is 10.5. The average molecular weight is 390 g/mol. The van der Waals surface area contributed by atoms with Gasteiger partial charge in [-0.25, -0.2) is 18.2 Å². The highest BCUT2D eigenvalue weighted by Gasteiger charge is 2.16. The normalized spacial score (nSPS) is 12.5. The lowest BCUT2D eigenvalue weighted by Gasteiger charge is -2.18. The maximum Gasteiger partial charge on any atom is 0.321 e. The number of carbonyl (C=O) groups excluding carboxylic acids is 1. The van der Waals surface area contributed by atoms with Gasteiger partial charge in [0.05, 0.1) is 28.2 Å². The lowest BCUT2D eigenvalue weighted by molar-refractivity contribution is 0.249. The van der Waals surface area contributed by atoms with E-state index >= 15 is 0 Å². The maximum absolute atomic E-state index is 12.3. The van der Waals surface area contributed by atoms with Crippen LogP contribution >= 0.6 is 11.3 Å². The second-order valence-corrected chi connectivity index (χ2v) is 8.55. The molecule has 9 heteroatoms. The first-order chi connectivity index (χ1) is 12.3. The molecule has 1 heterocycles. The van der Waals surface area contributed by atoms with E-state index in [4.69, 9.17) is 0 Å². The molecule has 1 aromatic heterocycles. The molecule has 0 saturated heterocycles. The molecule has 0 saturated carbocycles. The van der Waals surface area contributed by atoms with E-state index in [1.54, 1.807) is 31.2 Å². The van der Waals surface area contributed by atoms with Crippen LogP contribution in [-0.4, -0.2) is 25.7 Å². The Morgan fingerprint density at radius 3 is 2.54 bits per heavy atom. The summed E-state index contributed by atoms with van der Waals surface area (Å²) in [6.45, 7) is 1.78. The number of benzene rings is 2. The van der Waals surface area contributed by atoms with Crippen LogP contribution < -0.4 is 15.4 Å². The largest absolute Gasteiger partial charge is 0.331 e. The van der Waals surface area contributed by atoms with E-state index in [2.05, 4.69) is 20.3 Å². The van der Waals surface area contributed by atoms with Gasteiger partial charge in [0.2, 0.25) is 10.0 Å². The minimum absolute atomic E-state index is 0.408. The van der Waals surface area contributed by atoms with Crippen LogP contribution in [0.1, 0.15) is 18.5 Å². The van der Waals surface area contributed by atoms with Crippen molar-refractivity contribution in [3.8, 4) is 0 Å². The third-order valence-corrected chi connectivity index (χ3v) is 5.13. The number of hydrogen-bond acceptors (Lipinski definition) is 5. The summed E-state index contributed by atoms with van der Waals surface area (Å²) in [5.74, 6) is 0. The second-order valence-electron chi connectivity index (χ2n) is 5.77. The zero-order valence-electron chi connectivity index (χ0n) is 14.2. The van der Waals surface area contributed by atoms with E-state index in [0.29, 0.717) is 16.4 Å². The Kier molecular flexibility index (Phi) is 5.10. The minimum atomic E-state index is -3.41. The monoisotopic (exact) mass is 390 g/mol. The molecule has 0 radical (unpaired) electrons. The molecule has 2 amide bonds. The Morgan fingerprint density at radius 1 is 1.12 bits per heavy atom. The number of thiazole rings is 1. The number of rotatable bonds is 5. The lowest BCUT2D eigenvalue weighted by Crippen LogP contribution is -2.31. The standard InChI is InChI=1S/C17H18N4O3S2/c1-11(12-7-3-4-8-13(12)21-26(2,23)24)18-16(22)20-17-19-14-9-5-6-10-15(14)25-17/h3-11,21H,1-2H3,(H2,18,19,20,22). The number of para-hydroxylation sites is 2. The fourth-order valence-corrected chi connectivity index (χ4v) is 3.95. The predicted molar refractivity (Wildman–Crippen MR) is 105 cm³/mol. The van der Waals surface area contributed by atoms with Gasteiger partial charge >= 0.3 is 6.03 Å². The van der Waals surface area contributed by atoms with Gasteiger partial charge in [-0.1, -0.05) is 41.7 Å². The van der Waals surface area contributed by atoms with E-state index in [1.807, 2.05) is 24.3 Å². The summed E-state index contributed by atoms with van der Waals surface area (Å²) in [5.41, 5.74) is 1.92. The highest BCUT2D eigenvalue weighted by atomic mass is 32.2. The van der Waals surface area contributed by atoms with Crippen molar-refractivity contribution in [3.63, 3.8) is 0 Å². The number of carbonyl (C=O) groups is 1. The van der Waals surface area contributed by atoms with Crippen molar-refractivity contribution in [2.75, 3.05) is 16.3 Å². The third kappa shape index (κ3) is 4.50. The van der Waals surface area contributed by atoms with E-state index < -0.39 is 22.1 Å². The quantitative estimate of drug-likeness (QED) is 0.620. The minimum Gasteiger partial charge on any atom is -0.331 e. The molecule has 0 aliphatic rings. The van der Waals surface area contributed by atoms with E-state index in [0.717, 1.165) is 16.5 Å². The third-order valence-electron chi connectivity index (χ3n) is 3.58. The number of nitrogens with one attached hydrogen (secondary N) is 3. The molecule has 3 aromatic rings. The smallest absolute Gasteiger partial charge is 0.321 e. The molecule has 0 fully saturated rings. The molecule has 2 aromatic carbocycles. The number of urea groups is 1. The first-order valence-electron chi connectivity index (χ1n) is 7.81. The Balaban J connectivity index is 1.71. The molecule has 0 bridgehead atoms. The van der Waals surface area contributed by atoms with Crippen molar-refractivity contribution in [3.05, 3.63) is 54.1 Å². The number of nitrogens with zero attached hydrogens (tertiary/aromatic N) is 1. The van der Waals surface area contributed by atoms with Crippen LogP contribution in [0.2, 0.25) is 0 Å². The summed E-state index contributed by atoms with van der Waals surface area (Å²) in [5, 5.41) is 6.01. The van der Waals surface area contributed by atoms with E-state index in [9.17, 15) is 13.2 Å². The molecule has 7 nitrogen and oxygen atoms in total. The van der Waals surface area contributed by atoms with Gasteiger partial charge in [-0.3, -0.25) is 10.0 Å². The van der Waals surface area contributed by atoms with Crippen LogP contribution in [0.4, 0.5) is 15.6 Å². The SMILES string of the molecule is CC(NC(=O)Nc1nc2ccccc2s1)c1ccccc1NS(C)(=O)=O. The topological polar surface area (TPSA) is 100 Å². The number of fused-ring (bicyclic) bond motifs is 1. The molecule has 26 heavy (non-hydrogen) atoms. The summed E-state index contributed by atoms with van der Waals surface area (Å²) >= 11 is 1.38. The Morgan fingerprint density at radius 2 is 1.81 bits per heavy atom. The van der Waals surface area contributed by atoms with Gasteiger partial charge in [-0.05, 0) is 30.7 Å². The van der Waals surface area contributed by atoms with Crippen LogP contribution in [0.25, 0.3) is 10.2 Å². The van der Waals surface area contributed by atoms with Crippen LogP contribution in [-0.2, 0) is 10.0 Å². The highest BCUT2D eigenvalue weighted by Crippen LogP contribution is 2.26. The van der Waals surface area contributed by atoms with Crippen molar-refractivity contribution in [1.82, 2.24) is 10.3 Å². The average Bonchev–Trinajstić information content (AvgIpc) is 2.95. The summed E-state index contributed by atoms with van der Waals surface area (Å²) < 4.78 is 26.5. The summed E-state index contributed by atoms with van der Waals surface area (Å²) in [6.07, 6.45) is 1.09. The molecule has 0 aliphatic carbocycles. The van der Waals surface area contributed by atoms with Crippen molar-refractivity contribution in [2.24, 2.45) is 0 Å². The van der Waals surface area contributed by atoms with Crippen LogP contribution in [0.15, 0.2) is 48.5 Å². The van der Waals surface area contributed by atoms with E-state index in [1.165, 1.54) is 11.3 Å². The van der Waals surface area contributed by atoms with Crippen molar-refractivity contribution >= 4 is 48.4 Å². The van der Waals surface area contributed by atoms with Gasteiger partial charge in [0, 0.05) is 0 Å². The molecule has 3 N–H and O–H groups in total. The van der Waals surface area contributed by atoms with Gasteiger partial charge in [-0.15, -0.1) is 0 Å². The Labute approximate surface area is 155 Å². The molecular formula is C17H18N4O3S2. The van der Waals surface area contributed by atoms with Gasteiger partial charge < -0.3 is 5.32 Å². The van der Waals surface area contributed by atoms with Gasteiger partial charge in [0.1, 0.15) is 0 Å².